The van der Waals surface area contributed by atoms with E-state index in [0.717, 1.165) is 12.0 Å². The first-order valence-electron chi connectivity index (χ1n) is 6.36. The summed E-state index contributed by atoms with van der Waals surface area (Å²) in [4.78, 5) is 13.6. The molecule has 4 heteroatoms. The van der Waals surface area contributed by atoms with E-state index in [2.05, 4.69) is 0 Å². The summed E-state index contributed by atoms with van der Waals surface area (Å²) in [5.41, 5.74) is 0.971. The Bertz CT molecular complexity index is 393. The third-order valence-electron chi connectivity index (χ3n) is 3.30. The molecule has 0 aromatic heterocycles. The second kappa shape index (κ2) is 5.87. The Morgan fingerprint density at radius 2 is 2.17 bits per heavy atom. The van der Waals surface area contributed by atoms with E-state index in [-0.39, 0.29) is 18.7 Å². The highest BCUT2D eigenvalue weighted by atomic mass is 16.6. The largest absolute Gasteiger partial charge is 0.445 e. The molecule has 1 aromatic rings. The van der Waals surface area contributed by atoms with Crippen molar-refractivity contribution < 1.29 is 14.6 Å². The van der Waals surface area contributed by atoms with E-state index in [4.69, 9.17) is 4.74 Å². The van der Waals surface area contributed by atoms with Gasteiger partial charge in [0.05, 0.1) is 12.6 Å². The molecule has 0 unspecified atom stereocenters. The van der Waals surface area contributed by atoms with Gasteiger partial charge in [-0.3, -0.25) is 0 Å². The number of ether oxygens (including phenoxy) is 1. The van der Waals surface area contributed by atoms with Gasteiger partial charge in [0.25, 0.3) is 0 Å². The van der Waals surface area contributed by atoms with Crippen LogP contribution in [0.5, 0.6) is 0 Å². The first-order chi connectivity index (χ1) is 8.70. The molecule has 0 saturated carbocycles. The molecule has 4 nitrogen and oxygen atoms in total. The Hall–Kier alpha value is -1.55. The molecule has 1 aliphatic heterocycles. The monoisotopic (exact) mass is 249 g/mol. The summed E-state index contributed by atoms with van der Waals surface area (Å²) in [6, 6.07) is 9.69. The minimum Gasteiger partial charge on any atom is -0.445 e. The van der Waals surface area contributed by atoms with Crippen LogP contribution in [0.2, 0.25) is 0 Å². The Balaban J connectivity index is 1.88. The molecule has 2 atom stereocenters. The fourth-order valence-corrected chi connectivity index (χ4v) is 2.30. The summed E-state index contributed by atoms with van der Waals surface area (Å²) >= 11 is 0. The number of rotatable bonds is 3. The normalized spacial score (nSPS) is 23.1. The van der Waals surface area contributed by atoms with Gasteiger partial charge < -0.3 is 14.7 Å². The number of carbonyl (C=O) groups is 1. The highest BCUT2D eigenvalue weighted by molar-refractivity contribution is 5.68. The van der Waals surface area contributed by atoms with E-state index in [9.17, 15) is 9.90 Å². The number of aliphatic hydroxyl groups is 1. The molecule has 1 fully saturated rings. The lowest BCUT2D eigenvalue weighted by molar-refractivity contribution is 0.0872. The summed E-state index contributed by atoms with van der Waals surface area (Å²) in [5.74, 6) is 0. The maximum absolute atomic E-state index is 11.9. The lowest BCUT2D eigenvalue weighted by Gasteiger charge is -2.22. The zero-order chi connectivity index (χ0) is 13.0. The van der Waals surface area contributed by atoms with Gasteiger partial charge in [-0.25, -0.2) is 4.79 Å². The summed E-state index contributed by atoms with van der Waals surface area (Å²) in [7, 11) is 0. The highest BCUT2D eigenvalue weighted by Gasteiger charge is 2.33. The first-order valence-corrected chi connectivity index (χ1v) is 6.36. The van der Waals surface area contributed by atoms with Crippen LogP contribution in [-0.4, -0.2) is 34.8 Å². The standard InChI is InChI=1S/C14H19NO3/c1-2-12-8-13(16)9-15(12)14(17)18-10-11-6-4-3-5-7-11/h3-7,12-13,16H,2,8-10H2,1H3/t12-,13+/m0/s1. The molecule has 1 aromatic carbocycles. The van der Waals surface area contributed by atoms with E-state index in [1.54, 1.807) is 4.90 Å². The molecule has 18 heavy (non-hydrogen) atoms. The Morgan fingerprint density at radius 1 is 1.44 bits per heavy atom. The van der Waals surface area contributed by atoms with Crippen LogP contribution in [0.15, 0.2) is 30.3 Å². The number of hydrogen-bond donors (Lipinski definition) is 1. The predicted molar refractivity (Wildman–Crippen MR) is 68.0 cm³/mol. The summed E-state index contributed by atoms with van der Waals surface area (Å²) in [6.07, 6.45) is 0.746. The Kier molecular flexibility index (Phi) is 4.20. The van der Waals surface area contributed by atoms with Crippen molar-refractivity contribution in [3.8, 4) is 0 Å². The van der Waals surface area contributed by atoms with Crippen LogP contribution in [0, 0.1) is 0 Å². The molecule has 2 rings (SSSR count). The lowest BCUT2D eigenvalue weighted by atomic mass is 10.1. The van der Waals surface area contributed by atoms with Gasteiger partial charge in [-0.15, -0.1) is 0 Å². The van der Waals surface area contributed by atoms with Crippen molar-refractivity contribution in [2.45, 2.75) is 38.5 Å². The van der Waals surface area contributed by atoms with Crippen LogP contribution in [0.3, 0.4) is 0 Å². The lowest BCUT2D eigenvalue weighted by Crippen LogP contribution is -2.36. The minimum absolute atomic E-state index is 0.100. The van der Waals surface area contributed by atoms with Gasteiger partial charge in [0.1, 0.15) is 6.61 Å². The van der Waals surface area contributed by atoms with E-state index in [1.165, 1.54) is 0 Å². The maximum atomic E-state index is 11.9. The molecule has 0 bridgehead atoms. The molecule has 0 aliphatic carbocycles. The first kappa shape index (κ1) is 12.9. The fraction of sp³-hybridized carbons (Fsp3) is 0.500. The summed E-state index contributed by atoms with van der Waals surface area (Å²) < 4.78 is 5.27. The molecule has 1 N–H and O–H groups in total. The third-order valence-corrected chi connectivity index (χ3v) is 3.30. The Labute approximate surface area is 107 Å². The van der Waals surface area contributed by atoms with Gasteiger partial charge in [-0.1, -0.05) is 37.3 Å². The molecule has 1 amide bonds. The molecule has 1 aliphatic rings. The average Bonchev–Trinajstić information content (AvgIpc) is 2.78. The SMILES string of the molecule is CC[C@H]1C[C@@H](O)CN1C(=O)OCc1ccccc1. The molecule has 98 valence electrons. The van der Waals surface area contributed by atoms with Gasteiger partial charge in [-0.2, -0.15) is 0 Å². The molecule has 0 spiro atoms. The number of carbonyl (C=O) groups excluding carboxylic acids is 1. The van der Waals surface area contributed by atoms with Crippen LogP contribution in [-0.2, 0) is 11.3 Å². The number of β-amino-alcohol motifs (C(OH)–C–C–N with tert-alkyl or cyclic N) is 1. The Morgan fingerprint density at radius 3 is 2.83 bits per heavy atom. The second-order valence-corrected chi connectivity index (χ2v) is 4.64. The number of aliphatic hydroxyl groups excluding tert-OH is 1. The predicted octanol–water partition coefficient (Wildman–Crippen LogP) is 2.17. The zero-order valence-electron chi connectivity index (χ0n) is 10.6. The topological polar surface area (TPSA) is 49.8 Å². The number of nitrogens with zero attached hydrogens (tertiary/aromatic N) is 1. The van der Waals surface area contributed by atoms with Crippen LogP contribution in [0.1, 0.15) is 25.3 Å². The van der Waals surface area contributed by atoms with E-state index in [0.29, 0.717) is 13.0 Å². The van der Waals surface area contributed by atoms with E-state index >= 15 is 0 Å². The number of amides is 1. The van der Waals surface area contributed by atoms with Crippen LogP contribution >= 0.6 is 0 Å². The van der Waals surface area contributed by atoms with Gasteiger partial charge in [0.15, 0.2) is 0 Å². The number of benzene rings is 1. The van der Waals surface area contributed by atoms with Gasteiger partial charge in [0, 0.05) is 6.04 Å². The van der Waals surface area contributed by atoms with Crippen LogP contribution in [0.25, 0.3) is 0 Å². The third kappa shape index (κ3) is 3.01. The smallest absolute Gasteiger partial charge is 0.410 e. The van der Waals surface area contributed by atoms with Gasteiger partial charge in [0.2, 0.25) is 0 Å². The van der Waals surface area contributed by atoms with E-state index < -0.39 is 6.10 Å². The van der Waals surface area contributed by atoms with Crippen molar-refractivity contribution in [3.05, 3.63) is 35.9 Å². The van der Waals surface area contributed by atoms with Crippen molar-refractivity contribution in [2.75, 3.05) is 6.54 Å². The van der Waals surface area contributed by atoms with Gasteiger partial charge in [-0.05, 0) is 18.4 Å². The minimum atomic E-state index is -0.417. The molecule has 1 saturated heterocycles. The van der Waals surface area contributed by atoms with Crippen molar-refractivity contribution in [3.63, 3.8) is 0 Å². The zero-order valence-corrected chi connectivity index (χ0v) is 10.6. The number of likely N-dealkylation sites (tertiary alicyclic amines) is 1. The highest BCUT2D eigenvalue weighted by Crippen LogP contribution is 2.21. The summed E-state index contributed by atoms with van der Waals surface area (Å²) in [5, 5.41) is 9.59. The van der Waals surface area contributed by atoms with Crippen LogP contribution in [0.4, 0.5) is 4.79 Å². The molecular weight excluding hydrogens is 230 g/mol. The van der Waals surface area contributed by atoms with Crippen molar-refractivity contribution >= 4 is 6.09 Å². The average molecular weight is 249 g/mol. The van der Waals surface area contributed by atoms with E-state index in [1.807, 2.05) is 37.3 Å². The molecule has 1 heterocycles. The molecule has 0 radical (unpaired) electrons. The van der Waals surface area contributed by atoms with Crippen molar-refractivity contribution in [1.82, 2.24) is 4.90 Å². The quantitative estimate of drug-likeness (QED) is 0.893. The maximum Gasteiger partial charge on any atom is 0.410 e. The molecular formula is C14H19NO3. The van der Waals surface area contributed by atoms with Gasteiger partial charge >= 0.3 is 6.09 Å². The van der Waals surface area contributed by atoms with Crippen molar-refractivity contribution in [2.24, 2.45) is 0 Å². The van der Waals surface area contributed by atoms with Crippen LogP contribution < -0.4 is 0 Å². The number of hydrogen-bond acceptors (Lipinski definition) is 3. The summed E-state index contributed by atoms with van der Waals surface area (Å²) in [6.45, 7) is 2.68. The second-order valence-electron chi connectivity index (χ2n) is 4.64. The van der Waals surface area contributed by atoms with Crippen molar-refractivity contribution in [1.29, 1.82) is 0 Å². The fourth-order valence-electron chi connectivity index (χ4n) is 2.30.